The van der Waals surface area contributed by atoms with Crippen LogP contribution in [0.2, 0.25) is 0 Å². The number of phenolic OH excluding ortho intramolecular Hbond substituents is 1. The molecule has 0 saturated heterocycles. The molecule has 6 heteroatoms. The van der Waals surface area contributed by atoms with Crippen molar-refractivity contribution in [1.29, 1.82) is 0 Å². The molecule has 0 aromatic heterocycles. The van der Waals surface area contributed by atoms with E-state index in [9.17, 15) is 14.7 Å². The molecule has 136 valence electrons. The maximum Gasteiger partial charge on any atom is 0.314 e. The van der Waals surface area contributed by atoms with Gasteiger partial charge in [0.2, 0.25) is 0 Å². The summed E-state index contributed by atoms with van der Waals surface area (Å²) in [5, 5.41) is 14.7. The Morgan fingerprint density at radius 2 is 1.44 bits per heavy atom. The molecule has 3 aromatic carbocycles. The fourth-order valence-corrected chi connectivity index (χ4v) is 3.34. The second-order valence-electron chi connectivity index (χ2n) is 5.82. The first-order valence-electron chi connectivity index (χ1n) is 8.27. The summed E-state index contributed by atoms with van der Waals surface area (Å²) >= 11 is 1.50. The number of hydrogen-bond acceptors (Lipinski definition) is 4. The zero-order valence-corrected chi connectivity index (χ0v) is 15.4. The zero-order chi connectivity index (χ0) is 19.2. The molecule has 2 amide bonds. The lowest BCUT2D eigenvalue weighted by Crippen LogP contribution is -2.29. The molecule has 0 unspecified atom stereocenters. The van der Waals surface area contributed by atoms with Crippen molar-refractivity contribution in [1.82, 2.24) is 0 Å². The standard InChI is InChI=1S/C21H18N2O3S/c1-14-13-15(24)11-12-17(14)22-20(25)21(26)23-18-9-5-6-10-19(18)27-16-7-3-2-4-8-16/h2-13,24H,1H3,(H,22,25)(H,23,26). The average Bonchev–Trinajstić information content (AvgIpc) is 2.66. The molecular formula is C21H18N2O3S. The summed E-state index contributed by atoms with van der Waals surface area (Å²) in [6.45, 7) is 1.74. The lowest BCUT2D eigenvalue weighted by molar-refractivity contribution is -0.133. The highest BCUT2D eigenvalue weighted by Gasteiger charge is 2.17. The summed E-state index contributed by atoms with van der Waals surface area (Å²) < 4.78 is 0. The van der Waals surface area contributed by atoms with E-state index in [1.165, 1.54) is 23.9 Å². The number of benzene rings is 3. The normalized spacial score (nSPS) is 10.3. The quantitative estimate of drug-likeness (QED) is 0.464. The SMILES string of the molecule is Cc1cc(O)ccc1NC(=O)C(=O)Nc1ccccc1Sc1ccccc1. The third kappa shape index (κ3) is 4.89. The van der Waals surface area contributed by atoms with E-state index in [0.717, 1.165) is 9.79 Å². The summed E-state index contributed by atoms with van der Waals surface area (Å²) in [6.07, 6.45) is 0. The third-order valence-corrected chi connectivity index (χ3v) is 4.85. The van der Waals surface area contributed by atoms with Crippen molar-refractivity contribution in [3.05, 3.63) is 78.4 Å². The van der Waals surface area contributed by atoms with Gasteiger partial charge in [0.05, 0.1) is 5.69 Å². The molecule has 5 nitrogen and oxygen atoms in total. The van der Waals surface area contributed by atoms with Gasteiger partial charge in [-0.3, -0.25) is 9.59 Å². The Hall–Kier alpha value is -3.25. The van der Waals surface area contributed by atoms with Gasteiger partial charge in [0.1, 0.15) is 5.75 Å². The topological polar surface area (TPSA) is 78.4 Å². The van der Waals surface area contributed by atoms with Crippen molar-refractivity contribution < 1.29 is 14.7 Å². The van der Waals surface area contributed by atoms with Crippen LogP contribution in [0.25, 0.3) is 0 Å². The van der Waals surface area contributed by atoms with E-state index in [1.807, 2.05) is 42.5 Å². The Kier molecular flexibility index (Phi) is 5.78. The van der Waals surface area contributed by atoms with Crippen LogP contribution in [0, 0.1) is 6.92 Å². The summed E-state index contributed by atoms with van der Waals surface area (Å²) in [4.78, 5) is 26.4. The Morgan fingerprint density at radius 1 is 0.815 bits per heavy atom. The second kappa shape index (κ2) is 8.42. The second-order valence-corrected chi connectivity index (χ2v) is 6.93. The van der Waals surface area contributed by atoms with Crippen molar-refractivity contribution in [2.75, 3.05) is 10.6 Å². The number of para-hydroxylation sites is 1. The molecule has 0 aliphatic rings. The van der Waals surface area contributed by atoms with Gasteiger partial charge in [-0.25, -0.2) is 0 Å². The lowest BCUT2D eigenvalue weighted by Gasteiger charge is -2.12. The molecule has 27 heavy (non-hydrogen) atoms. The van der Waals surface area contributed by atoms with E-state index >= 15 is 0 Å². The predicted octanol–water partition coefficient (Wildman–Crippen LogP) is 4.43. The monoisotopic (exact) mass is 378 g/mol. The first-order valence-corrected chi connectivity index (χ1v) is 9.08. The summed E-state index contributed by atoms with van der Waals surface area (Å²) in [7, 11) is 0. The Bertz CT molecular complexity index is 974. The Balaban J connectivity index is 1.71. The van der Waals surface area contributed by atoms with Crippen LogP contribution in [-0.2, 0) is 9.59 Å². The molecule has 3 aromatic rings. The van der Waals surface area contributed by atoms with E-state index in [4.69, 9.17) is 0 Å². The first-order chi connectivity index (χ1) is 13.0. The summed E-state index contributed by atoms with van der Waals surface area (Å²) in [6, 6.07) is 21.6. The predicted molar refractivity (Wildman–Crippen MR) is 107 cm³/mol. The van der Waals surface area contributed by atoms with E-state index in [1.54, 1.807) is 25.1 Å². The van der Waals surface area contributed by atoms with E-state index in [2.05, 4.69) is 10.6 Å². The van der Waals surface area contributed by atoms with Crippen molar-refractivity contribution in [3.63, 3.8) is 0 Å². The smallest absolute Gasteiger partial charge is 0.314 e. The first kappa shape index (κ1) is 18.5. The summed E-state index contributed by atoms with van der Waals surface area (Å²) in [5.41, 5.74) is 1.70. The average molecular weight is 378 g/mol. The van der Waals surface area contributed by atoms with Crippen LogP contribution in [0.3, 0.4) is 0 Å². The molecule has 0 radical (unpaired) electrons. The molecule has 3 rings (SSSR count). The van der Waals surface area contributed by atoms with Crippen LogP contribution in [0.5, 0.6) is 5.75 Å². The van der Waals surface area contributed by atoms with Gasteiger partial charge in [-0.1, -0.05) is 42.1 Å². The van der Waals surface area contributed by atoms with Gasteiger partial charge in [-0.15, -0.1) is 0 Å². The van der Waals surface area contributed by atoms with Crippen molar-refractivity contribution in [3.8, 4) is 5.75 Å². The van der Waals surface area contributed by atoms with Gasteiger partial charge in [-0.2, -0.15) is 0 Å². The number of anilines is 2. The molecule has 3 N–H and O–H groups in total. The van der Waals surface area contributed by atoms with Crippen LogP contribution < -0.4 is 10.6 Å². The number of carbonyl (C=O) groups excluding carboxylic acids is 2. The highest BCUT2D eigenvalue weighted by atomic mass is 32.2. The van der Waals surface area contributed by atoms with Crippen LogP contribution in [0.15, 0.2) is 82.6 Å². The molecule has 0 spiro atoms. The third-order valence-electron chi connectivity index (χ3n) is 3.77. The lowest BCUT2D eigenvalue weighted by atomic mass is 10.2. The number of amides is 2. The molecule has 0 saturated carbocycles. The van der Waals surface area contributed by atoms with Gasteiger partial charge in [0.15, 0.2) is 0 Å². The van der Waals surface area contributed by atoms with Crippen LogP contribution >= 0.6 is 11.8 Å². The highest BCUT2D eigenvalue weighted by molar-refractivity contribution is 7.99. The van der Waals surface area contributed by atoms with Crippen LogP contribution in [-0.4, -0.2) is 16.9 Å². The minimum atomic E-state index is -0.775. The Labute approximate surface area is 161 Å². The molecular weight excluding hydrogens is 360 g/mol. The number of nitrogens with one attached hydrogen (secondary N) is 2. The van der Waals surface area contributed by atoms with Gasteiger partial charge in [0.25, 0.3) is 0 Å². The maximum absolute atomic E-state index is 12.3. The zero-order valence-electron chi connectivity index (χ0n) is 14.6. The number of aromatic hydroxyl groups is 1. The number of rotatable bonds is 4. The van der Waals surface area contributed by atoms with Gasteiger partial charge >= 0.3 is 11.8 Å². The number of aryl methyl sites for hydroxylation is 1. The molecule has 0 fully saturated rings. The minimum absolute atomic E-state index is 0.0989. The molecule has 0 aliphatic heterocycles. The van der Waals surface area contributed by atoms with E-state index in [-0.39, 0.29) is 5.75 Å². The largest absolute Gasteiger partial charge is 0.508 e. The fraction of sp³-hybridized carbons (Fsp3) is 0.0476. The number of carbonyl (C=O) groups is 2. The maximum atomic E-state index is 12.3. The van der Waals surface area contributed by atoms with Crippen molar-refractivity contribution in [2.45, 2.75) is 16.7 Å². The Morgan fingerprint density at radius 3 is 2.15 bits per heavy atom. The van der Waals surface area contributed by atoms with Crippen LogP contribution in [0.4, 0.5) is 11.4 Å². The van der Waals surface area contributed by atoms with E-state index < -0.39 is 11.8 Å². The molecule has 0 heterocycles. The van der Waals surface area contributed by atoms with Crippen molar-refractivity contribution >= 4 is 35.0 Å². The van der Waals surface area contributed by atoms with Gasteiger partial charge < -0.3 is 15.7 Å². The van der Waals surface area contributed by atoms with E-state index in [0.29, 0.717) is 16.9 Å². The van der Waals surface area contributed by atoms with Gasteiger partial charge in [0, 0.05) is 15.5 Å². The fourth-order valence-electron chi connectivity index (χ4n) is 2.42. The number of hydrogen-bond donors (Lipinski definition) is 3. The number of phenols is 1. The van der Waals surface area contributed by atoms with Crippen molar-refractivity contribution in [2.24, 2.45) is 0 Å². The van der Waals surface area contributed by atoms with Gasteiger partial charge in [-0.05, 0) is 55.0 Å². The summed E-state index contributed by atoms with van der Waals surface area (Å²) in [5.74, 6) is -1.44. The molecule has 0 aliphatic carbocycles. The highest BCUT2D eigenvalue weighted by Crippen LogP contribution is 2.33. The molecule has 0 atom stereocenters. The minimum Gasteiger partial charge on any atom is -0.508 e. The van der Waals surface area contributed by atoms with Crippen LogP contribution in [0.1, 0.15) is 5.56 Å². The molecule has 0 bridgehead atoms.